The van der Waals surface area contributed by atoms with Crippen molar-refractivity contribution in [1.29, 1.82) is 0 Å². The Labute approximate surface area is 185 Å². The van der Waals surface area contributed by atoms with Gasteiger partial charge >= 0.3 is 0 Å². The maximum atomic E-state index is 12.7. The lowest BCUT2D eigenvalue weighted by Crippen LogP contribution is -2.12. The topological polar surface area (TPSA) is 56.8 Å². The molecule has 1 N–H and O–H groups in total. The highest BCUT2D eigenvalue weighted by molar-refractivity contribution is 9.10. The first-order valence-electron chi connectivity index (χ1n) is 9.60. The Morgan fingerprint density at radius 3 is 2.33 bits per heavy atom. The van der Waals surface area contributed by atoms with Gasteiger partial charge in [0.1, 0.15) is 12.4 Å². The number of hydrogen-bond acceptors (Lipinski definition) is 4. The third kappa shape index (κ3) is 5.54. The molecule has 0 aromatic heterocycles. The van der Waals surface area contributed by atoms with Crippen molar-refractivity contribution in [1.82, 2.24) is 0 Å². The van der Waals surface area contributed by atoms with Gasteiger partial charge in [0.05, 0.1) is 18.2 Å². The zero-order chi connectivity index (χ0) is 21.5. The van der Waals surface area contributed by atoms with E-state index in [0.29, 0.717) is 40.4 Å². The fraction of sp³-hybridized carbons (Fsp3) is 0.208. The van der Waals surface area contributed by atoms with E-state index in [-0.39, 0.29) is 5.91 Å². The molecule has 0 radical (unpaired) electrons. The number of benzene rings is 3. The van der Waals surface area contributed by atoms with Crippen molar-refractivity contribution in [3.05, 3.63) is 81.8 Å². The maximum Gasteiger partial charge on any atom is 0.255 e. The van der Waals surface area contributed by atoms with Crippen LogP contribution < -0.4 is 19.5 Å². The van der Waals surface area contributed by atoms with Gasteiger partial charge in [-0.15, -0.1) is 0 Å². The number of carbonyl (C=O) groups is 1. The molecule has 0 aliphatic heterocycles. The van der Waals surface area contributed by atoms with Gasteiger partial charge in [0, 0.05) is 11.3 Å². The summed E-state index contributed by atoms with van der Waals surface area (Å²) in [4.78, 5) is 12.7. The molecule has 0 bridgehead atoms. The maximum absolute atomic E-state index is 12.7. The summed E-state index contributed by atoms with van der Waals surface area (Å²) in [7, 11) is 1.60. The zero-order valence-electron chi connectivity index (χ0n) is 17.2. The van der Waals surface area contributed by atoms with Crippen molar-refractivity contribution in [2.45, 2.75) is 20.5 Å². The van der Waals surface area contributed by atoms with Crippen molar-refractivity contribution >= 4 is 27.5 Å². The summed E-state index contributed by atoms with van der Waals surface area (Å²) in [6.45, 7) is 4.79. The van der Waals surface area contributed by atoms with Gasteiger partial charge in [-0.05, 0) is 71.7 Å². The van der Waals surface area contributed by atoms with Crippen molar-refractivity contribution < 1.29 is 19.0 Å². The number of aryl methyl sites for hydroxylation is 1. The molecule has 0 atom stereocenters. The van der Waals surface area contributed by atoms with Crippen molar-refractivity contribution in [3.63, 3.8) is 0 Å². The standard InChI is InChI=1S/C24H24BrNO4/c1-4-29-22-14-18(24(27)26-19-9-11-20(28-3)12-10-19)13-21(25)23(22)30-15-17-7-5-16(2)6-8-17/h5-14H,4,15H2,1-3H3,(H,26,27). The number of amides is 1. The highest BCUT2D eigenvalue weighted by Gasteiger charge is 2.16. The number of methoxy groups -OCH3 is 1. The number of ether oxygens (including phenoxy) is 3. The molecule has 0 aliphatic carbocycles. The van der Waals surface area contributed by atoms with Crippen LogP contribution in [-0.2, 0) is 6.61 Å². The molecule has 0 heterocycles. The molecule has 156 valence electrons. The Bertz CT molecular complexity index is 1000. The number of carbonyl (C=O) groups excluding carboxylic acids is 1. The molecule has 3 rings (SSSR count). The lowest BCUT2D eigenvalue weighted by atomic mass is 10.1. The Morgan fingerprint density at radius 1 is 1.00 bits per heavy atom. The second kappa shape index (κ2) is 10.2. The van der Waals surface area contributed by atoms with Crippen LogP contribution in [0.25, 0.3) is 0 Å². The predicted molar refractivity (Wildman–Crippen MR) is 122 cm³/mol. The Hall–Kier alpha value is -2.99. The number of halogens is 1. The van der Waals surface area contributed by atoms with Crippen LogP contribution in [0.4, 0.5) is 5.69 Å². The minimum atomic E-state index is -0.244. The van der Waals surface area contributed by atoms with Gasteiger partial charge in [-0.1, -0.05) is 29.8 Å². The first-order valence-corrected chi connectivity index (χ1v) is 10.4. The van der Waals surface area contributed by atoms with E-state index in [9.17, 15) is 4.79 Å². The molecule has 1 amide bonds. The molecule has 0 unspecified atom stereocenters. The molecule has 0 spiro atoms. The fourth-order valence-corrected chi connectivity index (χ4v) is 3.38. The molecule has 3 aromatic carbocycles. The summed E-state index contributed by atoms with van der Waals surface area (Å²) >= 11 is 3.52. The van der Waals surface area contributed by atoms with E-state index in [1.165, 1.54) is 5.56 Å². The quantitative estimate of drug-likeness (QED) is 0.439. The van der Waals surface area contributed by atoms with Crippen LogP contribution in [0.3, 0.4) is 0 Å². The third-order valence-corrected chi connectivity index (χ3v) is 5.01. The zero-order valence-corrected chi connectivity index (χ0v) is 18.8. The van der Waals surface area contributed by atoms with E-state index in [4.69, 9.17) is 14.2 Å². The normalized spacial score (nSPS) is 10.4. The average molecular weight is 470 g/mol. The molecule has 30 heavy (non-hydrogen) atoms. The summed E-state index contributed by atoms with van der Waals surface area (Å²) in [6, 6.07) is 18.7. The van der Waals surface area contributed by atoms with E-state index in [1.54, 1.807) is 43.5 Å². The van der Waals surface area contributed by atoms with Crippen LogP contribution in [0.1, 0.15) is 28.4 Å². The second-order valence-corrected chi connectivity index (χ2v) is 7.53. The number of rotatable bonds is 8. The molecule has 6 heteroatoms. The van der Waals surface area contributed by atoms with Gasteiger partial charge in [0.15, 0.2) is 11.5 Å². The van der Waals surface area contributed by atoms with Crippen molar-refractivity contribution in [2.24, 2.45) is 0 Å². The van der Waals surface area contributed by atoms with E-state index in [0.717, 1.165) is 11.3 Å². The highest BCUT2D eigenvalue weighted by atomic mass is 79.9. The minimum absolute atomic E-state index is 0.244. The average Bonchev–Trinajstić information content (AvgIpc) is 2.75. The molecule has 0 fully saturated rings. The van der Waals surface area contributed by atoms with Gasteiger partial charge < -0.3 is 19.5 Å². The summed E-state index contributed by atoms with van der Waals surface area (Å²) in [6.07, 6.45) is 0. The van der Waals surface area contributed by atoms with Gasteiger partial charge in [-0.2, -0.15) is 0 Å². The molecule has 0 saturated carbocycles. The summed E-state index contributed by atoms with van der Waals surface area (Å²) in [5, 5.41) is 2.88. The summed E-state index contributed by atoms with van der Waals surface area (Å²) < 4.78 is 17.5. The lowest BCUT2D eigenvalue weighted by molar-refractivity contribution is 0.102. The van der Waals surface area contributed by atoms with Gasteiger partial charge in [-0.3, -0.25) is 4.79 Å². The fourth-order valence-electron chi connectivity index (χ4n) is 2.82. The minimum Gasteiger partial charge on any atom is -0.497 e. The number of hydrogen-bond donors (Lipinski definition) is 1. The van der Waals surface area contributed by atoms with Crippen molar-refractivity contribution in [3.8, 4) is 17.2 Å². The molecular formula is C24H24BrNO4. The Kier molecular flexibility index (Phi) is 7.36. The number of anilines is 1. The van der Waals surface area contributed by atoms with E-state index in [2.05, 4.69) is 21.2 Å². The van der Waals surface area contributed by atoms with Crippen LogP contribution >= 0.6 is 15.9 Å². The molecule has 0 saturated heterocycles. The van der Waals surface area contributed by atoms with E-state index >= 15 is 0 Å². The first kappa shape index (κ1) is 21.7. The number of nitrogens with one attached hydrogen (secondary N) is 1. The van der Waals surface area contributed by atoms with Crippen LogP contribution in [0.15, 0.2) is 65.1 Å². The highest BCUT2D eigenvalue weighted by Crippen LogP contribution is 2.37. The van der Waals surface area contributed by atoms with E-state index in [1.807, 2.05) is 38.1 Å². The van der Waals surface area contributed by atoms with Crippen LogP contribution in [-0.4, -0.2) is 19.6 Å². The van der Waals surface area contributed by atoms with Crippen LogP contribution in [0.5, 0.6) is 17.2 Å². The summed E-state index contributed by atoms with van der Waals surface area (Å²) in [5.74, 6) is 1.56. The Balaban J connectivity index is 1.78. The van der Waals surface area contributed by atoms with Crippen molar-refractivity contribution in [2.75, 3.05) is 19.0 Å². The lowest BCUT2D eigenvalue weighted by Gasteiger charge is -2.16. The third-order valence-electron chi connectivity index (χ3n) is 4.42. The molecule has 3 aromatic rings. The van der Waals surface area contributed by atoms with Gasteiger partial charge in [0.25, 0.3) is 5.91 Å². The first-order chi connectivity index (χ1) is 14.5. The van der Waals surface area contributed by atoms with Gasteiger partial charge in [0.2, 0.25) is 0 Å². The SMILES string of the molecule is CCOc1cc(C(=O)Nc2ccc(OC)cc2)cc(Br)c1OCc1ccc(C)cc1. The summed E-state index contributed by atoms with van der Waals surface area (Å²) in [5.41, 5.74) is 3.39. The smallest absolute Gasteiger partial charge is 0.255 e. The molecule has 0 aliphatic rings. The van der Waals surface area contributed by atoms with E-state index < -0.39 is 0 Å². The Morgan fingerprint density at radius 2 is 1.70 bits per heavy atom. The molecule has 5 nitrogen and oxygen atoms in total. The second-order valence-electron chi connectivity index (χ2n) is 6.68. The molecular weight excluding hydrogens is 446 g/mol. The monoisotopic (exact) mass is 469 g/mol. The van der Waals surface area contributed by atoms with Gasteiger partial charge in [-0.25, -0.2) is 0 Å². The van der Waals surface area contributed by atoms with Crippen LogP contribution in [0.2, 0.25) is 0 Å². The largest absolute Gasteiger partial charge is 0.497 e. The predicted octanol–water partition coefficient (Wildman–Crippen LogP) is 6.00. The van der Waals surface area contributed by atoms with Crippen LogP contribution in [0, 0.1) is 6.92 Å².